The number of nitro groups is 1. The van der Waals surface area contributed by atoms with Crippen LogP contribution in [0.2, 0.25) is 0 Å². The summed E-state index contributed by atoms with van der Waals surface area (Å²) in [7, 11) is 0. The lowest BCUT2D eigenvalue weighted by molar-refractivity contribution is -0.386. The summed E-state index contributed by atoms with van der Waals surface area (Å²) < 4.78 is 13.4. The normalized spacial score (nSPS) is 15.8. The van der Waals surface area contributed by atoms with Crippen LogP contribution in [0.5, 0.6) is 0 Å². The van der Waals surface area contributed by atoms with Crippen LogP contribution in [0.15, 0.2) is 18.2 Å². The van der Waals surface area contributed by atoms with Crippen molar-refractivity contribution < 1.29 is 9.31 Å². The van der Waals surface area contributed by atoms with Crippen molar-refractivity contribution in [2.75, 3.05) is 26.2 Å². The second kappa shape index (κ2) is 9.54. The van der Waals surface area contributed by atoms with Crippen LogP contribution in [0.3, 0.4) is 0 Å². The van der Waals surface area contributed by atoms with Crippen LogP contribution in [-0.4, -0.2) is 36.0 Å². The van der Waals surface area contributed by atoms with Gasteiger partial charge in [-0.25, -0.2) is 4.39 Å². The number of piperazine rings is 1. The van der Waals surface area contributed by atoms with Gasteiger partial charge in [0.2, 0.25) is 0 Å². The van der Waals surface area contributed by atoms with Gasteiger partial charge in [0.25, 0.3) is 5.69 Å². The van der Waals surface area contributed by atoms with E-state index in [1.807, 2.05) is 11.0 Å². The molecule has 1 N–H and O–H groups in total. The van der Waals surface area contributed by atoms with Gasteiger partial charge in [0, 0.05) is 32.2 Å². The fourth-order valence-electron chi connectivity index (χ4n) is 2.47. The molecule has 1 saturated heterocycles. The molecule has 9 heteroatoms. The Kier molecular flexibility index (Phi) is 8.90. The maximum Gasteiger partial charge on any atom is 0.274 e. The Morgan fingerprint density at radius 2 is 2.05 bits per heavy atom. The van der Waals surface area contributed by atoms with Crippen molar-refractivity contribution in [2.24, 2.45) is 0 Å². The van der Waals surface area contributed by atoms with Crippen LogP contribution >= 0.6 is 24.8 Å². The number of nitrogens with one attached hydrogen (secondary N) is 1. The molecular formula is C13H17Cl2FN4O2. The van der Waals surface area contributed by atoms with Crippen LogP contribution in [0, 0.1) is 27.3 Å². The summed E-state index contributed by atoms with van der Waals surface area (Å²) in [5.41, 5.74) is 0.142. The predicted molar refractivity (Wildman–Crippen MR) is 85.0 cm³/mol. The average molecular weight is 351 g/mol. The van der Waals surface area contributed by atoms with Crippen molar-refractivity contribution in [3.05, 3.63) is 39.7 Å². The highest BCUT2D eigenvalue weighted by atomic mass is 35.5. The molecule has 1 fully saturated rings. The molecule has 1 aromatic rings. The number of benzene rings is 1. The lowest BCUT2D eigenvalue weighted by Crippen LogP contribution is -2.45. The fourth-order valence-corrected chi connectivity index (χ4v) is 2.47. The summed E-state index contributed by atoms with van der Waals surface area (Å²) in [6.45, 7) is 2.87. The highest BCUT2D eigenvalue weighted by Crippen LogP contribution is 2.32. The Morgan fingerprint density at radius 1 is 1.41 bits per heavy atom. The first-order valence-electron chi connectivity index (χ1n) is 6.39. The van der Waals surface area contributed by atoms with E-state index in [2.05, 4.69) is 5.32 Å². The molecule has 122 valence electrons. The van der Waals surface area contributed by atoms with Crippen LogP contribution in [0.1, 0.15) is 18.0 Å². The first-order valence-corrected chi connectivity index (χ1v) is 6.39. The highest BCUT2D eigenvalue weighted by Gasteiger charge is 2.28. The van der Waals surface area contributed by atoms with Gasteiger partial charge in [0.1, 0.15) is 5.82 Å². The van der Waals surface area contributed by atoms with Crippen molar-refractivity contribution in [1.29, 1.82) is 5.26 Å². The van der Waals surface area contributed by atoms with Gasteiger partial charge >= 0.3 is 0 Å². The Labute approximate surface area is 140 Å². The van der Waals surface area contributed by atoms with E-state index in [9.17, 15) is 14.5 Å². The summed E-state index contributed by atoms with van der Waals surface area (Å²) in [6.07, 6.45) is 0.101. The van der Waals surface area contributed by atoms with Gasteiger partial charge in [-0.2, -0.15) is 5.26 Å². The molecule has 0 radical (unpaired) electrons. The zero-order chi connectivity index (χ0) is 14.5. The Hall–Kier alpha value is -1.46. The molecule has 0 saturated carbocycles. The quantitative estimate of drug-likeness (QED) is 0.666. The molecule has 0 aliphatic carbocycles. The van der Waals surface area contributed by atoms with Gasteiger partial charge in [0.15, 0.2) is 0 Å². The molecule has 2 rings (SSSR count). The number of nitriles is 1. The number of hydrogen-bond donors (Lipinski definition) is 1. The van der Waals surface area contributed by atoms with Crippen molar-refractivity contribution >= 4 is 30.5 Å². The molecule has 1 atom stereocenters. The summed E-state index contributed by atoms with van der Waals surface area (Å²) in [5.74, 6) is -0.524. The van der Waals surface area contributed by atoms with Gasteiger partial charge in [-0.15, -0.1) is 24.8 Å². The maximum absolute atomic E-state index is 13.4. The molecular weight excluding hydrogens is 334 g/mol. The summed E-state index contributed by atoms with van der Waals surface area (Å²) >= 11 is 0. The molecule has 0 unspecified atom stereocenters. The van der Waals surface area contributed by atoms with E-state index in [1.54, 1.807) is 0 Å². The number of rotatable bonds is 4. The van der Waals surface area contributed by atoms with E-state index in [-0.39, 0.29) is 42.5 Å². The van der Waals surface area contributed by atoms with Crippen LogP contribution in [0.25, 0.3) is 0 Å². The van der Waals surface area contributed by atoms with Gasteiger partial charge in [0.05, 0.1) is 29.0 Å². The number of nitro benzene ring substituents is 1. The summed E-state index contributed by atoms with van der Waals surface area (Å²) in [6, 6.07) is 5.00. The zero-order valence-corrected chi connectivity index (χ0v) is 13.3. The van der Waals surface area contributed by atoms with E-state index < -0.39 is 16.8 Å². The predicted octanol–water partition coefficient (Wildman–Crippen LogP) is 2.44. The van der Waals surface area contributed by atoms with Gasteiger partial charge in [-0.3, -0.25) is 15.0 Å². The van der Waals surface area contributed by atoms with Gasteiger partial charge in [-0.1, -0.05) is 0 Å². The first-order chi connectivity index (χ1) is 9.63. The van der Waals surface area contributed by atoms with Crippen molar-refractivity contribution in [1.82, 2.24) is 10.2 Å². The molecule has 1 heterocycles. The average Bonchev–Trinajstić information content (AvgIpc) is 2.45. The molecule has 1 aliphatic rings. The van der Waals surface area contributed by atoms with Crippen molar-refractivity contribution in [3.8, 4) is 6.07 Å². The van der Waals surface area contributed by atoms with E-state index >= 15 is 0 Å². The third-order valence-electron chi connectivity index (χ3n) is 3.42. The maximum atomic E-state index is 13.4. The minimum absolute atomic E-state index is 0. The largest absolute Gasteiger partial charge is 0.314 e. The molecule has 0 bridgehead atoms. The molecule has 0 aromatic heterocycles. The SMILES string of the molecule is Cl.Cl.N#CC[C@H](c1cc(F)ccc1[N+](=O)[O-])N1CCNCC1. The van der Waals surface area contributed by atoms with Crippen molar-refractivity contribution in [3.63, 3.8) is 0 Å². The Morgan fingerprint density at radius 3 is 2.59 bits per heavy atom. The molecule has 1 aliphatic heterocycles. The van der Waals surface area contributed by atoms with E-state index in [0.717, 1.165) is 25.2 Å². The fraction of sp³-hybridized carbons (Fsp3) is 0.462. The van der Waals surface area contributed by atoms with Crippen LogP contribution in [-0.2, 0) is 0 Å². The molecule has 0 amide bonds. The standard InChI is InChI=1S/C13H15FN4O2.2ClH/c14-10-1-2-13(18(19)20)11(9-10)12(3-4-15)17-7-5-16-6-8-17;;/h1-2,9,12,16H,3,5-8H2;2*1H/t12-;;/m1../s1. The molecule has 6 nitrogen and oxygen atoms in total. The third-order valence-corrected chi connectivity index (χ3v) is 3.42. The highest BCUT2D eigenvalue weighted by molar-refractivity contribution is 5.85. The lowest BCUT2D eigenvalue weighted by atomic mass is 9.99. The molecule has 0 spiro atoms. The number of nitrogens with zero attached hydrogens (tertiary/aromatic N) is 3. The van der Waals surface area contributed by atoms with E-state index in [0.29, 0.717) is 13.1 Å². The minimum Gasteiger partial charge on any atom is -0.314 e. The van der Waals surface area contributed by atoms with Crippen molar-refractivity contribution in [2.45, 2.75) is 12.5 Å². The molecule has 1 aromatic carbocycles. The monoisotopic (exact) mass is 350 g/mol. The first kappa shape index (κ1) is 20.5. The summed E-state index contributed by atoms with van der Waals surface area (Å²) in [4.78, 5) is 12.6. The van der Waals surface area contributed by atoms with Gasteiger partial charge < -0.3 is 5.32 Å². The van der Waals surface area contributed by atoms with E-state index in [4.69, 9.17) is 5.26 Å². The second-order valence-corrected chi connectivity index (χ2v) is 4.62. The smallest absolute Gasteiger partial charge is 0.274 e. The van der Waals surface area contributed by atoms with Crippen LogP contribution < -0.4 is 5.32 Å². The third kappa shape index (κ3) is 4.78. The second-order valence-electron chi connectivity index (χ2n) is 4.62. The Bertz CT molecular complexity index is 547. The zero-order valence-electron chi connectivity index (χ0n) is 11.7. The lowest BCUT2D eigenvalue weighted by Gasteiger charge is -2.33. The summed E-state index contributed by atoms with van der Waals surface area (Å²) in [5, 5.41) is 23.2. The van der Waals surface area contributed by atoms with Crippen LogP contribution in [0.4, 0.5) is 10.1 Å². The molecule has 22 heavy (non-hydrogen) atoms. The Balaban J connectivity index is 0.00000220. The number of hydrogen-bond acceptors (Lipinski definition) is 5. The topological polar surface area (TPSA) is 82.2 Å². The van der Waals surface area contributed by atoms with E-state index in [1.165, 1.54) is 6.07 Å². The van der Waals surface area contributed by atoms with Gasteiger partial charge in [-0.05, 0) is 12.1 Å². The number of halogens is 3. The minimum atomic E-state index is -0.526.